The molecule has 1 aromatic carbocycles. The number of hydrogen-bond acceptors (Lipinski definition) is 3. The first-order valence-corrected chi connectivity index (χ1v) is 9.60. The lowest BCUT2D eigenvalue weighted by Gasteiger charge is -2.43. The maximum Gasteiger partial charge on any atom is 0.416 e. The van der Waals surface area contributed by atoms with Crippen molar-refractivity contribution in [3.8, 4) is 0 Å². The summed E-state index contributed by atoms with van der Waals surface area (Å²) in [6.07, 6.45) is 0.583. The van der Waals surface area contributed by atoms with Gasteiger partial charge in [0.15, 0.2) is 5.79 Å². The molecule has 1 aliphatic heterocycles. The Labute approximate surface area is 156 Å². The largest absolute Gasteiger partial charge is 0.416 e. The van der Waals surface area contributed by atoms with Crippen LogP contribution in [0.15, 0.2) is 24.3 Å². The van der Waals surface area contributed by atoms with Gasteiger partial charge in [0.05, 0.1) is 24.2 Å². The average molecular weight is 383 g/mol. The van der Waals surface area contributed by atoms with Crippen molar-refractivity contribution in [3.05, 3.63) is 35.4 Å². The third-order valence-corrected chi connectivity index (χ3v) is 6.28. The maximum absolute atomic E-state index is 13.1. The molecule has 148 valence electrons. The van der Waals surface area contributed by atoms with E-state index in [1.807, 2.05) is 0 Å². The minimum absolute atomic E-state index is 0.0131. The van der Waals surface area contributed by atoms with Gasteiger partial charge in [-0.3, -0.25) is 4.79 Å². The molecule has 1 heterocycles. The van der Waals surface area contributed by atoms with E-state index in [2.05, 4.69) is 5.32 Å². The van der Waals surface area contributed by atoms with Crippen LogP contribution in [0.25, 0.3) is 0 Å². The second kappa shape index (κ2) is 6.78. The van der Waals surface area contributed by atoms with Crippen molar-refractivity contribution in [1.29, 1.82) is 0 Å². The van der Waals surface area contributed by atoms with Gasteiger partial charge in [-0.05, 0) is 37.3 Å². The van der Waals surface area contributed by atoms with Crippen LogP contribution in [-0.2, 0) is 25.9 Å². The molecule has 1 amide bonds. The van der Waals surface area contributed by atoms with Crippen LogP contribution in [0.2, 0.25) is 0 Å². The van der Waals surface area contributed by atoms with E-state index >= 15 is 0 Å². The molecule has 4 nitrogen and oxygen atoms in total. The van der Waals surface area contributed by atoms with Gasteiger partial charge in [0.25, 0.3) is 0 Å². The highest BCUT2D eigenvalue weighted by Gasteiger charge is 2.48. The van der Waals surface area contributed by atoms with Gasteiger partial charge in [-0.15, -0.1) is 0 Å². The molecule has 0 aromatic heterocycles. The summed E-state index contributed by atoms with van der Waals surface area (Å²) in [4.78, 5) is 13.0. The molecule has 0 atom stereocenters. The van der Waals surface area contributed by atoms with Crippen molar-refractivity contribution in [2.45, 2.75) is 68.4 Å². The minimum atomic E-state index is -4.41. The zero-order valence-electron chi connectivity index (χ0n) is 15.1. The number of hydrogen-bond donors (Lipinski definition) is 1. The molecular formula is C20H24F3NO3. The highest BCUT2D eigenvalue weighted by atomic mass is 19.4. The molecule has 0 radical (unpaired) electrons. The normalized spacial score (nSPS) is 24.6. The van der Waals surface area contributed by atoms with Crippen LogP contribution in [0, 0.1) is 0 Å². The molecule has 2 saturated carbocycles. The van der Waals surface area contributed by atoms with E-state index in [1.165, 1.54) is 6.07 Å². The quantitative estimate of drug-likeness (QED) is 0.860. The second-order valence-electron chi connectivity index (χ2n) is 7.87. The molecule has 7 heteroatoms. The maximum atomic E-state index is 13.1. The molecule has 0 bridgehead atoms. The Hall–Kier alpha value is -1.60. The van der Waals surface area contributed by atoms with Crippen molar-refractivity contribution in [3.63, 3.8) is 0 Å². The summed E-state index contributed by atoms with van der Waals surface area (Å²) in [5.74, 6) is -0.640. The molecule has 0 unspecified atom stereocenters. The van der Waals surface area contributed by atoms with Crippen molar-refractivity contribution in [2.24, 2.45) is 0 Å². The summed E-state index contributed by atoms with van der Waals surface area (Å²) in [5, 5.41) is 3.09. The first-order chi connectivity index (χ1) is 12.8. The van der Waals surface area contributed by atoms with E-state index < -0.39 is 22.9 Å². The van der Waals surface area contributed by atoms with Gasteiger partial charge in [-0.25, -0.2) is 0 Å². The third kappa shape index (κ3) is 3.47. The van der Waals surface area contributed by atoms with E-state index in [0.29, 0.717) is 31.6 Å². The summed E-state index contributed by atoms with van der Waals surface area (Å²) >= 11 is 0. The number of halogens is 3. The SMILES string of the molecule is O=C(NC1CCC2(CC1)OCCO2)C1(c2cccc(C(F)(F)F)c2)CCC1. The van der Waals surface area contributed by atoms with Crippen molar-refractivity contribution < 1.29 is 27.4 Å². The topological polar surface area (TPSA) is 47.6 Å². The van der Waals surface area contributed by atoms with E-state index in [-0.39, 0.29) is 11.9 Å². The molecule has 1 N–H and O–H groups in total. The first-order valence-electron chi connectivity index (χ1n) is 9.60. The highest BCUT2D eigenvalue weighted by molar-refractivity contribution is 5.89. The predicted molar refractivity (Wildman–Crippen MR) is 92.0 cm³/mol. The van der Waals surface area contributed by atoms with Gasteiger partial charge in [-0.2, -0.15) is 13.2 Å². The van der Waals surface area contributed by atoms with Crippen molar-refractivity contribution in [2.75, 3.05) is 13.2 Å². The van der Waals surface area contributed by atoms with E-state index in [1.54, 1.807) is 6.07 Å². The van der Waals surface area contributed by atoms with Gasteiger partial charge >= 0.3 is 6.18 Å². The molecular weight excluding hydrogens is 359 g/mol. The number of alkyl halides is 3. The van der Waals surface area contributed by atoms with Gasteiger partial charge in [-0.1, -0.05) is 24.6 Å². The summed E-state index contributed by atoms with van der Waals surface area (Å²) in [5.41, 5.74) is -1.07. The average Bonchev–Trinajstić information content (AvgIpc) is 3.04. The standard InChI is InChI=1S/C20H24F3NO3/c21-20(22,23)15-4-1-3-14(13-15)18(7-2-8-18)17(25)24-16-5-9-19(10-6-16)26-11-12-27-19/h1,3-4,13,16H,2,5-12H2,(H,24,25). The number of carbonyl (C=O) groups is 1. The van der Waals surface area contributed by atoms with E-state index in [0.717, 1.165) is 44.2 Å². The molecule has 3 fully saturated rings. The third-order valence-electron chi connectivity index (χ3n) is 6.28. The van der Waals surface area contributed by atoms with Crippen molar-refractivity contribution >= 4 is 5.91 Å². The number of ether oxygens (including phenoxy) is 2. The van der Waals surface area contributed by atoms with Gasteiger partial charge in [0, 0.05) is 18.9 Å². The Morgan fingerprint density at radius 1 is 1.07 bits per heavy atom. The van der Waals surface area contributed by atoms with Crippen LogP contribution in [0.3, 0.4) is 0 Å². The summed E-state index contributed by atoms with van der Waals surface area (Å²) in [7, 11) is 0. The Morgan fingerprint density at radius 2 is 1.74 bits per heavy atom. The molecule has 4 rings (SSSR count). The monoisotopic (exact) mass is 383 g/mol. The number of carbonyl (C=O) groups excluding carboxylic acids is 1. The van der Waals surface area contributed by atoms with Crippen LogP contribution in [0.4, 0.5) is 13.2 Å². The molecule has 1 spiro atoms. The smallest absolute Gasteiger partial charge is 0.353 e. The predicted octanol–water partition coefficient (Wildman–Crippen LogP) is 3.93. The first kappa shape index (κ1) is 18.7. The summed E-state index contributed by atoms with van der Waals surface area (Å²) in [6.45, 7) is 1.21. The Balaban J connectivity index is 1.45. The van der Waals surface area contributed by atoms with Crippen LogP contribution < -0.4 is 5.32 Å². The molecule has 27 heavy (non-hydrogen) atoms. The van der Waals surface area contributed by atoms with E-state index in [4.69, 9.17) is 9.47 Å². The van der Waals surface area contributed by atoms with E-state index in [9.17, 15) is 18.0 Å². The lowest BCUT2D eigenvalue weighted by Crippen LogP contribution is -2.53. The number of nitrogens with one attached hydrogen (secondary N) is 1. The molecule has 2 aliphatic carbocycles. The van der Waals surface area contributed by atoms with Gasteiger partial charge in [0.1, 0.15) is 0 Å². The minimum Gasteiger partial charge on any atom is -0.353 e. The lowest BCUT2D eigenvalue weighted by atomic mass is 9.63. The fraction of sp³-hybridized carbons (Fsp3) is 0.650. The molecule has 1 saturated heterocycles. The number of amides is 1. The fourth-order valence-corrected chi connectivity index (χ4v) is 4.48. The summed E-state index contributed by atoms with van der Waals surface area (Å²) in [6, 6.07) is 5.23. The van der Waals surface area contributed by atoms with Crippen LogP contribution in [0.1, 0.15) is 56.1 Å². The molecule has 1 aromatic rings. The Kier molecular flexibility index (Phi) is 4.71. The number of rotatable bonds is 3. The summed E-state index contributed by atoms with van der Waals surface area (Å²) < 4.78 is 50.6. The fourth-order valence-electron chi connectivity index (χ4n) is 4.48. The van der Waals surface area contributed by atoms with Crippen LogP contribution >= 0.6 is 0 Å². The Bertz CT molecular complexity index is 699. The van der Waals surface area contributed by atoms with Crippen molar-refractivity contribution in [1.82, 2.24) is 5.32 Å². The zero-order valence-corrected chi connectivity index (χ0v) is 15.1. The Morgan fingerprint density at radius 3 is 2.30 bits per heavy atom. The zero-order chi connectivity index (χ0) is 19.1. The molecule has 3 aliphatic rings. The van der Waals surface area contributed by atoms with Crippen LogP contribution in [0.5, 0.6) is 0 Å². The van der Waals surface area contributed by atoms with Crippen LogP contribution in [-0.4, -0.2) is 30.9 Å². The second-order valence-corrected chi connectivity index (χ2v) is 7.87. The number of benzene rings is 1. The van der Waals surface area contributed by atoms with Gasteiger partial charge in [0.2, 0.25) is 5.91 Å². The van der Waals surface area contributed by atoms with Gasteiger partial charge < -0.3 is 14.8 Å². The highest BCUT2D eigenvalue weighted by Crippen LogP contribution is 2.46. The lowest BCUT2D eigenvalue weighted by molar-refractivity contribution is -0.180.